The van der Waals surface area contributed by atoms with Crippen molar-refractivity contribution in [1.82, 2.24) is 5.32 Å². The number of nitrogens with one attached hydrogen (secondary N) is 1. The average Bonchev–Trinajstić information content (AvgIpc) is 3.31. The lowest BCUT2D eigenvalue weighted by Gasteiger charge is -2.11. The normalized spacial score (nSPS) is 16.9. The highest BCUT2D eigenvalue weighted by Gasteiger charge is 2.35. The Labute approximate surface area is 167 Å². The molecule has 1 fully saturated rings. The van der Waals surface area contributed by atoms with Gasteiger partial charge < -0.3 is 10.1 Å². The van der Waals surface area contributed by atoms with Gasteiger partial charge in [0.15, 0.2) is 0 Å². The summed E-state index contributed by atoms with van der Waals surface area (Å²) in [4.78, 5) is 26.4. The largest absolute Gasteiger partial charge is 0.442 e. The molecule has 3 heterocycles. The predicted octanol–water partition coefficient (Wildman–Crippen LogP) is 5.02. The first-order valence-electron chi connectivity index (χ1n) is 7.71. The molecule has 0 aliphatic carbocycles. The zero-order valence-corrected chi connectivity index (χ0v) is 16.3. The van der Waals surface area contributed by atoms with Gasteiger partial charge in [-0.15, -0.1) is 22.7 Å². The fourth-order valence-corrected chi connectivity index (χ4v) is 5.19. The van der Waals surface area contributed by atoms with Crippen LogP contribution in [0.5, 0.6) is 0 Å². The van der Waals surface area contributed by atoms with Crippen LogP contribution in [-0.4, -0.2) is 31.2 Å². The molecule has 1 aliphatic rings. The van der Waals surface area contributed by atoms with Crippen molar-refractivity contribution in [3.8, 4) is 0 Å². The van der Waals surface area contributed by atoms with Gasteiger partial charge >= 0.3 is 6.09 Å². The van der Waals surface area contributed by atoms with Crippen molar-refractivity contribution < 1.29 is 14.3 Å². The van der Waals surface area contributed by atoms with Gasteiger partial charge in [0.05, 0.1) is 27.3 Å². The zero-order valence-electron chi connectivity index (χ0n) is 13.2. The molecule has 0 spiro atoms. The Kier molecular flexibility index (Phi) is 4.79. The SMILES string of the molecule is O=C(NC[C@H]1CN(c2sc3ccccc3c2Cl)C(=O)O1)c1ccc(Cl)s1. The lowest BCUT2D eigenvalue weighted by Crippen LogP contribution is -2.34. The van der Waals surface area contributed by atoms with E-state index in [0.29, 0.717) is 25.8 Å². The number of carbonyl (C=O) groups is 2. The van der Waals surface area contributed by atoms with E-state index in [-0.39, 0.29) is 12.5 Å². The molecule has 0 saturated carbocycles. The Bertz CT molecular complexity index is 1000. The van der Waals surface area contributed by atoms with Gasteiger partial charge in [0, 0.05) is 10.1 Å². The fraction of sp³-hybridized carbons (Fsp3) is 0.176. The molecular formula is C17H12Cl2N2O3S2. The number of carbonyl (C=O) groups excluding carboxylic acids is 2. The number of halogens is 2. The van der Waals surface area contributed by atoms with Gasteiger partial charge in [0.25, 0.3) is 5.91 Å². The number of cyclic esters (lactones) is 1. The number of hydrogen-bond acceptors (Lipinski definition) is 5. The van der Waals surface area contributed by atoms with Crippen LogP contribution in [0.15, 0.2) is 36.4 Å². The van der Waals surface area contributed by atoms with E-state index in [0.717, 1.165) is 10.1 Å². The molecule has 1 aliphatic heterocycles. The van der Waals surface area contributed by atoms with Crippen LogP contribution in [0.1, 0.15) is 9.67 Å². The summed E-state index contributed by atoms with van der Waals surface area (Å²) >= 11 is 14.9. The third kappa shape index (κ3) is 3.27. The fourth-order valence-electron chi connectivity index (χ4n) is 2.70. The lowest BCUT2D eigenvalue weighted by molar-refractivity contribution is 0.0920. The summed E-state index contributed by atoms with van der Waals surface area (Å²) in [6.45, 7) is 0.552. The Morgan fingerprint density at radius 1 is 1.23 bits per heavy atom. The molecule has 0 unspecified atom stereocenters. The second-order valence-corrected chi connectivity index (χ2v) is 8.77. The van der Waals surface area contributed by atoms with Gasteiger partial charge in [-0.25, -0.2) is 4.79 Å². The minimum atomic E-state index is -0.461. The van der Waals surface area contributed by atoms with Crippen molar-refractivity contribution >= 4 is 73.0 Å². The maximum atomic E-state index is 12.3. The van der Waals surface area contributed by atoms with Gasteiger partial charge in [-0.05, 0) is 18.2 Å². The van der Waals surface area contributed by atoms with Crippen molar-refractivity contribution in [3.05, 3.63) is 50.6 Å². The monoisotopic (exact) mass is 426 g/mol. The molecule has 4 rings (SSSR count). The van der Waals surface area contributed by atoms with Crippen molar-refractivity contribution in [2.45, 2.75) is 6.10 Å². The van der Waals surface area contributed by atoms with Gasteiger partial charge in [-0.1, -0.05) is 41.4 Å². The van der Waals surface area contributed by atoms with Crippen LogP contribution < -0.4 is 10.2 Å². The highest BCUT2D eigenvalue weighted by molar-refractivity contribution is 7.23. The molecule has 0 radical (unpaired) electrons. The van der Waals surface area contributed by atoms with Gasteiger partial charge in [0.1, 0.15) is 11.1 Å². The van der Waals surface area contributed by atoms with Gasteiger partial charge in [-0.3, -0.25) is 9.69 Å². The highest BCUT2D eigenvalue weighted by Crippen LogP contribution is 2.43. The number of benzene rings is 1. The molecule has 1 aromatic carbocycles. The van der Waals surface area contributed by atoms with Crippen molar-refractivity contribution in [2.24, 2.45) is 0 Å². The van der Waals surface area contributed by atoms with Crippen LogP contribution in [0.25, 0.3) is 10.1 Å². The van der Waals surface area contributed by atoms with Crippen molar-refractivity contribution in [2.75, 3.05) is 18.0 Å². The molecule has 2 amide bonds. The number of ether oxygens (including phenoxy) is 1. The van der Waals surface area contributed by atoms with Crippen LogP contribution in [-0.2, 0) is 4.74 Å². The molecular weight excluding hydrogens is 415 g/mol. The summed E-state index contributed by atoms with van der Waals surface area (Å²) < 4.78 is 6.92. The number of thiophene rings is 2. The third-order valence-electron chi connectivity index (χ3n) is 3.92. The highest BCUT2D eigenvalue weighted by atomic mass is 35.5. The minimum Gasteiger partial charge on any atom is -0.442 e. The second-order valence-electron chi connectivity index (χ2n) is 5.65. The average molecular weight is 427 g/mol. The van der Waals surface area contributed by atoms with E-state index in [4.69, 9.17) is 27.9 Å². The predicted molar refractivity (Wildman–Crippen MR) is 106 cm³/mol. The minimum absolute atomic E-state index is 0.221. The molecule has 134 valence electrons. The summed E-state index contributed by atoms with van der Waals surface area (Å²) in [5, 5.41) is 4.88. The van der Waals surface area contributed by atoms with Gasteiger partial charge in [-0.2, -0.15) is 0 Å². The van der Waals surface area contributed by atoms with Crippen molar-refractivity contribution in [3.63, 3.8) is 0 Å². The van der Waals surface area contributed by atoms with E-state index in [9.17, 15) is 9.59 Å². The summed E-state index contributed by atoms with van der Waals surface area (Å²) in [6.07, 6.45) is -0.903. The molecule has 1 N–H and O–H groups in total. The lowest BCUT2D eigenvalue weighted by atomic mass is 10.2. The number of anilines is 1. The quantitative estimate of drug-likeness (QED) is 0.636. The summed E-state index contributed by atoms with van der Waals surface area (Å²) in [5.41, 5.74) is 0. The van der Waals surface area contributed by atoms with E-state index < -0.39 is 12.2 Å². The number of fused-ring (bicyclic) bond motifs is 1. The third-order valence-corrected chi connectivity index (χ3v) is 6.84. The number of hydrogen-bond donors (Lipinski definition) is 1. The first kappa shape index (κ1) is 17.6. The molecule has 9 heteroatoms. The van der Waals surface area contributed by atoms with E-state index in [1.54, 1.807) is 12.1 Å². The van der Waals surface area contributed by atoms with Crippen molar-refractivity contribution in [1.29, 1.82) is 0 Å². The smallest absolute Gasteiger partial charge is 0.415 e. The van der Waals surface area contributed by atoms with Crippen LogP contribution in [0.2, 0.25) is 9.36 Å². The van der Waals surface area contributed by atoms with Gasteiger partial charge in [0.2, 0.25) is 0 Å². The number of nitrogens with zero attached hydrogens (tertiary/aromatic N) is 1. The first-order chi connectivity index (χ1) is 12.5. The zero-order chi connectivity index (χ0) is 18.3. The molecule has 1 saturated heterocycles. The summed E-state index contributed by atoms with van der Waals surface area (Å²) in [6, 6.07) is 11.0. The Morgan fingerprint density at radius 2 is 2.04 bits per heavy atom. The molecule has 0 bridgehead atoms. The van der Waals surface area contributed by atoms with Crippen LogP contribution >= 0.6 is 45.9 Å². The Morgan fingerprint density at radius 3 is 2.77 bits per heavy atom. The Balaban J connectivity index is 1.45. The van der Waals surface area contributed by atoms with E-state index in [1.807, 2.05) is 24.3 Å². The number of rotatable bonds is 4. The molecule has 3 aromatic rings. The Hall–Kier alpha value is -1.80. The molecule has 26 heavy (non-hydrogen) atoms. The summed E-state index contributed by atoms with van der Waals surface area (Å²) in [5.74, 6) is -0.240. The van der Waals surface area contributed by atoms with Crippen LogP contribution in [0.4, 0.5) is 9.80 Å². The van der Waals surface area contributed by atoms with E-state index in [1.165, 1.54) is 27.6 Å². The maximum Gasteiger partial charge on any atom is 0.415 e. The molecule has 1 atom stereocenters. The van der Waals surface area contributed by atoms with Crippen LogP contribution in [0.3, 0.4) is 0 Å². The second kappa shape index (κ2) is 7.08. The number of amides is 2. The molecule has 5 nitrogen and oxygen atoms in total. The maximum absolute atomic E-state index is 12.3. The standard InChI is InChI=1S/C17H12Cl2N2O3S2/c18-13-6-5-12(25-13)15(22)20-7-9-8-21(17(23)24-9)16-14(19)10-3-1-2-4-11(10)26-16/h1-6,9H,7-8H2,(H,20,22)/t9-/m0/s1. The van der Waals surface area contributed by atoms with E-state index >= 15 is 0 Å². The molecule has 2 aromatic heterocycles. The van der Waals surface area contributed by atoms with E-state index in [2.05, 4.69) is 5.32 Å². The first-order valence-corrected chi connectivity index (χ1v) is 10.1. The summed E-state index contributed by atoms with van der Waals surface area (Å²) in [7, 11) is 0. The topological polar surface area (TPSA) is 58.6 Å². The van der Waals surface area contributed by atoms with Crippen LogP contribution in [0, 0.1) is 0 Å².